The molecule has 1 aliphatic carbocycles. The third-order valence-corrected chi connectivity index (χ3v) is 2.91. The summed E-state index contributed by atoms with van der Waals surface area (Å²) < 4.78 is 0. The Morgan fingerprint density at radius 2 is 2.00 bits per heavy atom. The summed E-state index contributed by atoms with van der Waals surface area (Å²) in [6, 6.07) is 4.10. The summed E-state index contributed by atoms with van der Waals surface area (Å²) in [5.41, 5.74) is 4.96. The lowest BCUT2D eigenvalue weighted by Gasteiger charge is -2.18. The first-order chi connectivity index (χ1) is 6.33. The molecule has 0 unspecified atom stereocenters. The van der Waals surface area contributed by atoms with Crippen molar-refractivity contribution in [2.75, 3.05) is 0 Å². The Labute approximate surface area is 79.2 Å². The molecule has 1 heteroatoms. The van der Waals surface area contributed by atoms with E-state index >= 15 is 0 Å². The van der Waals surface area contributed by atoms with Crippen molar-refractivity contribution >= 4 is 5.69 Å². The summed E-state index contributed by atoms with van der Waals surface area (Å²) in [5.74, 6) is 0. The van der Waals surface area contributed by atoms with E-state index in [1.165, 1.54) is 42.4 Å². The fourth-order valence-electron chi connectivity index (χ4n) is 2.12. The lowest BCUT2D eigenvalue weighted by atomic mass is 9.88. The number of nitrogens with zero attached hydrogens (tertiary/aromatic N) is 1. The van der Waals surface area contributed by atoms with Gasteiger partial charge in [-0.3, -0.25) is 0 Å². The average molecular weight is 171 g/mol. The largest absolute Gasteiger partial charge is 0.238 e. The minimum Gasteiger partial charge on any atom is -0.238 e. The lowest BCUT2D eigenvalue weighted by Crippen LogP contribution is -2.04. The quantitative estimate of drug-likeness (QED) is 0.527. The van der Waals surface area contributed by atoms with Crippen molar-refractivity contribution < 1.29 is 0 Å². The molecule has 13 heavy (non-hydrogen) atoms. The molecule has 1 aliphatic rings. The van der Waals surface area contributed by atoms with Gasteiger partial charge in [0.25, 0.3) is 0 Å². The summed E-state index contributed by atoms with van der Waals surface area (Å²) in [7, 11) is 0. The number of fused-ring (bicyclic) bond motifs is 1. The predicted octanol–water partition coefficient (Wildman–Crippen LogP) is 3.42. The van der Waals surface area contributed by atoms with E-state index in [2.05, 4.69) is 17.8 Å². The number of hydrogen-bond acceptors (Lipinski definition) is 0. The second-order valence-corrected chi connectivity index (χ2v) is 3.67. The molecule has 0 aromatic heterocycles. The Kier molecular flexibility index (Phi) is 2.06. The first kappa shape index (κ1) is 8.31. The summed E-state index contributed by atoms with van der Waals surface area (Å²) in [6.45, 7) is 9.11. The molecule has 0 fully saturated rings. The number of benzene rings is 1. The zero-order valence-corrected chi connectivity index (χ0v) is 7.93. The standard InChI is InChI=1S/C12H13N/c1-9-11-6-4-3-5-10(11)7-8-12(9)13-2/h7-8H,3-6H2,1H3. The van der Waals surface area contributed by atoms with Gasteiger partial charge in [0, 0.05) is 0 Å². The van der Waals surface area contributed by atoms with Crippen LogP contribution in [0, 0.1) is 13.5 Å². The molecule has 66 valence electrons. The van der Waals surface area contributed by atoms with Crippen molar-refractivity contribution in [1.82, 2.24) is 0 Å². The average Bonchev–Trinajstić information content (AvgIpc) is 2.19. The zero-order chi connectivity index (χ0) is 9.26. The van der Waals surface area contributed by atoms with Crippen molar-refractivity contribution in [3.63, 3.8) is 0 Å². The van der Waals surface area contributed by atoms with Crippen molar-refractivity contribution in [3.05, 3.63) is 40.2 Å². The van der Waals surface area contributed by atoms with Crippen molar-refractivity contribution in [2.24, 2.45) is 0 Å². The van der Waals surface area contributed by atoms with Crippen LogP contribution in [0.1, 0.15) is 29.5 Å². The van der Waals surface area contributed by atoms with E-state index in [0.717, 1.165) is 5.69 Å². The Balaban J connectivity index is 2.56. The van der Waals surface area contributed by atoms with Gasteiger partial charge in [-0.2, -0.15) is 0 Å². The van der Waals surface area contributed by atoms with E-state index in [4.69, 9.17) is 6.57 Å². The number of aryl methyl sites for hydroxylation is 1. The molecule has 0 bridgehead atoms. The molecule has 1 aromatic carbocycles. The minimum absolute atomic E-state index is 0.834. The van der Waals surface area contributed by atoms with Gasteiger partial charge < -0.3 is 0 Å². The van der Waals surface area contributed by atoms with Gasteiger partial charge in [0.15, 0.2) is 5.69 Å². The van der Waals surface area contributed by atoms with Crippen LogP contribution in [0.2, 0.25) is 0 Å². The monoisotopic (exact) mass is 171 g/mol. The van der Waals surface area contributed by atoms with Crippen molar-refractivity contribution in [2.45, 2.75) is 32.6 Å². The molecule has 1 nitrogen and oxygen atoms in total. The fourth-order valence-corrected chi connectivity index (χ4v) is 2.12. The third-order valence-electron chi connectivity index (χ3n) is 2.91. The minimum atomic E-state index is 0.834. The molecular formula is C12H13N. The van der Waals surface area contributed by atoms with E-state index in [1.54, 1.807) is 0 Å². The molecule has 0 radical (unpaired) electrons. The van der Waals surface area contributed by atoms with Gasteiger partial charge in [-0.1, -0.05) is 17.7 Å². The first-order valence-electron chi connectivity index (χ1n) is 4.82. The summed E-state index contributed by atoms with van der Waals surface area (Å²) in [6.07, 6.45) is 4.97. The Hall–Kier alpha value is -1.29. The second kappa shape index (κ2) is 3.22. The number of rotatable bonds is 0. The van der Waals surface area contributed by atoms with Crippen LogP contribution in [-0.2, 0) is 12.8 Å². The molecule has 0 saturated heterocycles. The molecule has 0 heterocycles. The van der Waals surface area contributed by atoms with E-state index in [9.17, 15) is 0 Å². The van der Waals surface area contributed by atoms with Gasteiger partial charge in [-0.25, -0.2) is 4.85 Å². The Morgan fingerprint density at radius 1 is 1.23 bits per heavy atom. The maximum Gasteiger partial charge on any atom is 0.190 e. The maximum atomic E-state index is 7.03. The van der Waals surface area contributed by atoms with Gasteiger partial charge >= 0.3 is 0 Å². The summed E-state index contributed by atoms with van der Waals surface area (Å²) in [4.78, 5) is 3.53. The van der Waals surface area contributed by atoms with Crippen LogP contribution in [0.4, 0.5) is 5.69 Å². The van der Waals surface area contributed by atoms with Gasteiger partial charge in [0.05, 0.1) is 6.57 Å². The third kappa shape index (κ3) is 1.33. The van der Waals surface area contributed by atoms with Crippen molar-refractivity contribution in [1.29, 1.82) is 0 Å². The number of hydrogen-bond donors (Lipinski definition) is 0. The normalized spacial score (nSPS) is 14.8. The van der Waals surface area contributed by atoms with Crippen LogP contribution in [0.15, 0.2) is 12.1 Å². The van der Waals surface area contributed by atoms with E-state index in [1.807, 2.05) is 6.07 Å². The SMILES string of the molecule is [C-]#[N+]c1ccc2c(c1C)CCCC2. The topological polar surface area (TPSA) is 4.36 Å². The van der Waals surface area contributed by atoms with Crippen LogP contribution in [0.25, 0.3) is 4.85 Å². The van der Waals surface area contributed by atoms with Gasteiger partial charge in [0.1, 0.15) is 0 Å². The molecule has 0 amide bonds. The molecule has 1 aromatic rings. The van der Waals surface area contributed by atoms with Crippen LogP contribution in [0.5, 0.6) is 0 Å². The highest BCUT2D eigenvalue weighted by molar-refractivity contribution is 5.57. The highest BCUT2D eigenvalue weighted by Gasteiger charge is 2.12. The van der Waals surface area contributed by atoms with Crippen LogP contribution in [0.3, 0.4) is 0 Å². The van der Waals surface area contributed by atoms with Gasteiger partial charge in [-0.05, 0) is 43.7 Å². The Morgan fingerprint density at radius 3 is 2.77 bits per heavy atom. The molecule has 0 N–H and O–H groups in total. The molecular weight excluding hydrogens is 158 g/mol. The second-order valence-electron chi connectivity index (χ2n) is 3.67. The highest BCUT2D eigenvalue weighted by Crippen LogP contribution is 2.30. The van der Waals surface area contributed by atoms with Crippen LogP contribution < -0.4 is 0 Å². The molecule has 0 spiro atoms. The van der Waals surface area contributed by atoms with Crippen LogP contribution >= 0.6 is 0 Å². The molecule has 0 atom stereocenters. The predicted molar refractivity (Wildman–Crippen MR) is 54.1 cm³/mol. The molecule has 0 aliphatic heterocycles. The van der Waals surface area contributed by atoms with Gasteiger partial charge in [0.2, 0.25) is 0 Å². The molecule has 0 saturated carbocycles. The van der Waals surface area contributed by atoms with Gasteiger partial charge in [-0.15, -0.1) is 0 Å². The maximum absolute atomic E-state index is 7.03. The summed E-state index contributed by atoms with van der Waals surface area (Å²) >= 11 is 0. The summed E-state index contributed by atoms with van der Waals surface area (Å²) in [5, 5.41) is 0. The van der Waals surface area contributed by atoms with Crippen LogP contribution in [-0.4, -0.2) is 0 Å². The van der Waals surface area contributed by atoms with Crippen molar-refractivity contribution in [3.8, 4) is 0 Å². The Bertz CT molecular complexity index is 371. The lowest BCUT2D eigenvalue weighted by molar-refractivity contribution is 0.682. The van der Waals surface area contributed by atoms with E-state index in [-0.39, 0.29) is 0 Å². The zero-order valence-electron chi connectivity index (χ0n) is 7.93. The van der Waals surface area contributed by atoms with E-state index < -0.39 is 0 Å². The molecule has 2 rings (SSSR count). The fraction of sp³-hybridized carbons (Fsp3) is 0.417. The smallest absolute Gasteiger partial charge is 0.190 e. The highest BCUT2D eigenvalue weighted by atomic mass is 14.6. The first-order valence-corrected chi connectivity index (χ1v) is 4.82. The van der Waals surface area contributed by atoms with E-state index in [0.29, 0.717) is 0 Å².